The van der Waals surface area contributed by atoms with Crippen LogP contribution in [-0.2, 0) is 5.41 Å². The summed E-state index contributed by atoms with van der Waals surface area (Å²) in [6, 6.07) is 39.7. The molecule has 2 aliphatic carbocycles. The second kappa shape index (κ2) is 7.18. The van der Waals surface area contributed by atoms with Crippen LogP contribution in [0.25, 0.3) is 28.3 Å². The maximum absolute atomic E-state index is 2.46. The highest BCUT2D eigenvalue weighted by molar-refractivity contribution is 6.22. The molecule has 0 bridgehead atoms. The Bertz CT molecular complexity index is 1400. The zero-order chi connectivity index (χ0) is 22.6. The molecule has 2 aliphatic rings. The number of hydrogen-bond donors (Lipinski definition) is 0. The summed E-state index contributed by atoms with van der Waals surface area (Å²) in [5.41, 5.74) is 12.2. The molecule has 0 saturated carbocycles. The fourth-order valence-corrected chi connectivity index (χ4v) is 6.17. The Hall–Kier alpha value is -3.64. The van der Waals surface area contributed by atoms with Gasteiger partial charge in [-0.25, -0.2) is 0 Å². The van der Waals surface area contributed by atoms with Crippen molar-refractivity contribution in [2.24, 2.45) is 5.41 Å². The predicted molar refractivity (Wildman–Crippen MR) is 141 cm³/mol. The molecule has 6 rings (SSSR count). The minimum atomic E-state index is -0.169. The molecule has 4 aromatic carbocycles. The van der Waals surface area contributed by atoms with Crippen molar-refractivity contribution in [3.8, 4) is 11.1 Å². The first-order valence-corrected chi connectivity index (χ1v) is 11.8. The van der Waals surface area contributed by atoms with Gasteiger partial charge in [-0.1, -0.05) is 130 Å². The number of hydrogen-bond acceptors (Lipinski definition) is 0. The lowest BCUT2D eigenvalue weighted by Crippen LogP contribution is -2.48. The number of allylic oxidation sites excluding steroid dienone is 3. The van der Waals surface area contributed by atoms with Crippen LogP contribution in [0.1, 0.15) is 43.0 Å². The molecular weight excluding hydrogens is 396 g/mol. The molecule has 0 spiro atoms. The maximum Gasteiger partial charge on any atom is 0.0518 e. The van der Waals surface area contributed by atoms with Gasteiger partial charge in [0, 0.05) is 0 Å². The van der Waals surface area contributed by atoms with Gasteiger partial charge in [0.05, 0.1) is 5.41 Å². The Morgan fingerprint density at radius 1 is 0.576 bits per heavy atom. The molecule has 1 atom stereocenters. The van der Waals surface area contributed by atoms with Crippen LogP contribution in [0.2, 0.25) is 0 Å². The van der Waals surface area contributed by atoms with Crippen LogP contribution in [0.4, 0.5) is 0 Å². The quantitative estimate of drug-likeness (QED) is 0.309. The molecule has 0 amide bonds. The van der Waals surface area contributed by atoms with Gasteiger partial charge in [0.2, 0.25) is 0 Å². The molecule has 4 aromatic rings. The molecule has 1 unspecified atom stereocenters. The molecule has 0 aliphatic heterocycles. The Kier molecular flexibility index (Phi) is 4.35. The molecule has 0 fully saturated rings. The van der Waals surface area contributed by atoms with Crippen molar-refractivity contribution in [3.63, 3.8) is 0 Å². The topological polar surface area (TPSA) is 0 Å². The fraction of sp³-hybridized carbons (Fsp3) is 0.152. The van der Waals surface area contributed by atoms with Crippen LogP contribution in [-0.4, -0.2) is 0 Å². The third-order valence-corrected chi connectivity index (χ3v) is 7.42. The third-order valence-electron chi connectivity index (χ3n) is 7.42. The summed E-state index contributed by atoms with van der Waals surface area (Å²) in [5.74, 6) is 0. The summed E-state index contributed by atoms with van der Waals surface area (Å²) in [7, 11) is 0. The van der Waals surface area contributed by atoms with Crippen molar-refractivity contribution in [1.29, 1.82) is 0 Å². The standard InChI is InChI=1S/C33H28/c1-32(2,3)33(26-19-11-6-12-20-26)28-22-25-18-13-21-27(23-14-7-4-8-15-23)29(25)30(28)31(33)24-16-9-5-10-17-24/h4-22H,1-3H3. The number of benzene rings is 4. The fourth-order valence-electron chi connectivity index (χ4n) is 6.17. The van der Waals surface area contributed by atoms with Crippen molar-refractivity contribution < 1.29 is 0 Å². The first-order chi connectivity index (χ1) is 16.0. The van der Waals surface area contributed by atoms with Crippen LogP contribution < -0.4 is 0 Å². The van der Waals surface area contributed by atoms with E-state index in [0.29, 0.717) is 0 Å². The summed E-state index contributed by atoms with van der Waals surface area (Å²) >= 11 is 0. The van der Waals surface area contributed by atoms with Crippen molar-refractivity contribution in [2.45, 2.75) is 26.2 Å². The first-order valence-electron chi connectivity index (χ1n) is 11.8. The average molecular weight is 425 g/mol. The van der Waals surface area contributed by atoms with Gasteiger partial charge in [0.15, 0.2) is 0 Å². The van der Waals surface area contributed by atoms with E-state index in [4.69, 9.17) is 0 Å². The second-order valence-electron chi connectivity index (χ2n) is 10.2. The molecule has 33 heavy (non-hydrogen) atoms. The summed E-state index contributed by atoms with van der Waals surface area (Å²) in [6.07, 6.45) is 2.46. The Morgan fingerprint density at radius 2 is 1.15 bits per heavy atom. The highest BCUT2D eigenvalue weighted by atomic mass is 14.6. The predicted octanol–water partition coefficient (Wildman–Crippen LogP) is 8.66. The van der Waals surface area contributed by atoms with E-state index in [1.165, 1.54) is 50.1 Å². The first kappa shape index (κ1) is 20.0. The van der Waals surface area contributed by atoms with Crippen LogP contribution in [0.15, 0.2) is 115 Å². The van der Waals surface area contributed by atoms with Gasteiger partial charge in [-0.15, -0.1) is 0 Å². The summed E-state index contributed by atoms with van der Waals surface area (Å²) in [5, 5.41) is 0. The van der Waals surface area contributed by atoms with Crippen molar-refractivity contribution in [2.75, 3.05) is 0 Å². The number of fused-ring (bicyclic) bond motifs is 3. The molecular formula is C33H28. The van der Waals surface area contributed by atoms with Crippen LogP contribution in [0.5, 0.6) is 0 Å². The Labute approximate surface area is 196 Å². The lowest BCUT2D eigenvalue weighted by molar-refractivity contribution is 0.284. The van der Waals surface area contributed by atoms with Gasteiger partial charge in [-0.3, -0.25) is 0 Å². The molecule has 160 valence electrons. The second-order valence-corrected chi connectivity index (χ2v) is 10.2. The van der Waals surface area contributed by atoms with E-state index in [-0.39, 0.29) is 10.8 Å². The highest BCUT2D eigenvalue weighted by Crippen LogP contribution is 2.70. The summed E-state index contributed by atoms with van der Waals surface area (Å²) in [4.78, 5) is 0. The van der Waals surface area contributed by atoms with Gasteiger partial charge in [0.1, 0.15) is 0 Å². The normalized spacial score (nSPS) is 18.9. The monoisotopic (exact) mass is 424 g/mol. The lowest BCUT2D eigenvalue weighted by atomic mass is 9.46. The van der Waals surface area contributed by atoms with Gasteiger partial charge >= 0.3 is 0 Å². The Balaban J connectivity index is 1.73. The number of rotatable bonds is 3. The van der Waals surface area contributed by atoms with E-state index in [0.717, 1.165) is 0 Å². The minimum Gasteiger partial charge on any atom is -0.0622 e. The smallest absolute Gasteiger partial charge is 0.0518 e. The van der Waals surface area contributed by atoms with E-state index < -0.39 is 0 Å². The van der Waals surface area contributed by atoms with Gasteiger partial charge in [0.25, 0.3) is 0 Å². The lowest BCUT2D eigenvalue weighted by Gasteiger charge is -2.56. The maximum atomic E-state index is 2.46. The zero-order valence-corrected chi connectivity index (χ0v) is 19.5. The summed E-state index contributed by atoms with van der Waals surface area (Å²) < 4.78 is 0. The van der Waals surface area contributed by atoms with Gasteiger partial charge < -0.3 is 0 Å². The Morgan fingerprint density at radius 3 is 1.76 bits per heavy atom. The molecule has 0 nitrogen and oxygen atoms in total. The van der Waals surface area contributed by atoms with Gasteiger partial charge in [-0.2, -0.15) is 0 Å². The van der Waals surface area contributed by atoms with E-state index in [9.17, 15) is 0 Å². The largest absolute Gasteiger partial charge is 0.0622 e. The van der Waals surface area contributed by atoms with Crippen LogP contribution >= 0.6 is 0 Å². The molecule has 0 saturated heterocycles. The summed E-state index contributed by atoms with van der Waals surface area (Å²) in [6.45, 7) is 7.17. The van der Waals surface area contributed by atoms with Crippen molar-refractivity contribution in [3.05, 3.63) is 137 Å². The molecule has 0 heterocycles. The van der Waals surface area contributed by atoms with Crippen molar-refractivity contribution in [1.82, 2.24) is 0 Å². The van der Waals surface area contributed by atoms with Crippen LogP contribution in [0, 0.1) is 5.41 Å². The van der Waals surface area contributed by atoms with E-state index >= 15 is 0 Å². The highest BCUT2D eigenvalue weighted by Gasteiger charge is 2.59. The molecule has 0 N–H and O–H groups in total. The minimum absolute atomic E-state index is 0.00378. The van der Waals surface area contributed by atoms with E-state index in [2.05, 4.69) is 136 Å². The zero-order valence-electron chi connectivity index (χ0n) is 19.5. The average Bonchev–Trinajstić information content (AvgIpc) is 3.15. The van der Waals surface area contributed by atoms with Crippen molar-refractivity contribution >= 4 is 17.2 Å². The van der Waals surface area contributed by atoms with Gasteiger partial charge in [-0.05, 0) is 61.6 Å². The SMILES string of the molecule is CC(C)(C)C1(c2ccccc2)C2=Cc3cccc(-c4ccccc4)c3C2=C1c1ccccc1. The third kappa shape index (κ3) is 2.70. The molecule has 0 heteroatoms. The van der Waals surface area contributed by atoms with E-state index in [1.807, 2.05) is 0 Å². The molecule has 0 radical (unpaired) electrons. The van der Waals surface area contributed by atoms with E-state index in [1.54, 1.807) is 0 Å². The molecule has 0 aromatic heterocycles. The van der Waals surface area contributed by atoms with Crippen LogP contribution in [0.3, 0.4) is 0 Å².